The number of hydrogen-bond acceptors (Lipinski definition) is 5. The number of methoxy groups -OCH3 is 1. The zero-order chi connectivity index (χ0) is 18.7. The minimum absolute atomic E-state index is 0.167. The fourth-order valence-corrected chi connectivity index (χ4v) is 3.85. The maximum atomic E-state index is 9.52. The van der Waals surface area contributed by atoms with E-state index < -0.39 is 0 Å². The summed E-state index contributed by atoms with van der Waals surface area (Å²) < 4.78 is 16.9. The van der Waals surface area contributed by atoms with Crippen molar-refractivity contribution in [2.45, 2.75) is 45.6 Å². The molecule has 0 aromatic heterocycles. The molecule has 142 valence electrons. The Morgan fingerprint density at radius 3 is 2.92 bits per heavy atom. The fourth-order valence-electron chi connectivity index (χ4n) is 3.85. The van der Waals surface area contributed by atoms with Crippen LogP contribution in [0.2, 0.25) is 0 Å². The maximum Gasteiger partial charge on any atom is 0.231 e. The molecular weight excluding hydrogens is 332 g/mol. The number of rotatable bonds is 6. The van der Waals surface area contributed by atoms with Crippen LogP contribution in [0.3, 0.4) is 0 Å². The Morgan fingerprint density at radius 2 is 2.23 bits per heavy atom. The lowest BCUT2D eigenvalue weighted by Crippen LogP contribution is -3.10. The van der Waals surface area contributed by atoms with Crippen LogP contribution in [0.15, 0.2) is 22.9 Å². The minimum atomic E-state index is 0.167. The average Bonchev–Trinajstić information content (AvgIpc) is 3.08. The molecule has 2 aliphatic rings. The molecule has 1 unspecified atom stereocenters. The van der Waals surface area contributed by atoms with Gasteiger partial charge in [0.2, 0.25) is 12.5 Å². The smallest absolute Gasteiger partial charge is 0.231 e. The van der Waals surface area contributed by atoms with E-state index in [9.17, 15) is 5.21 Å². The van der Waals surface area contributed by atoms with Gasteiger partial charge in [-0.15, -0.1) is 0 Å². The van der Waals surface area contributed by atoms with Crippen molar-refractivity contribution in [3.8, 4) is 17.2 Å². The van der Waals surface area contributed by atoms with E-state index in [-0.39, 0.29) is 12.8 Å². The Labute approximate surface area is 155 Å². The van der Waals surface area contributed by atoms with Crippen molar-refractivity contribution in [3.05, 3.63) is 28.8 Å². The van der Waals surface area contributed by atoms with Crippen LogP contribution in [-0.4, -0.2) is 38.4 Å². The summed E-state index contributed by atoms with van der Waals surface area (Å²) in [6, 6.07) is 2.25. The minimum Gasteiger partial charge on any atom is -0.492 e. The fraction of sp³-hybridized carbons (Fsp3) is 0.550. The van der Waals surface area contributed by atoms with Crippen LogP contribution in [-0.2, 0) is 6.42 Å². The van der Waals surface area contributed by atoms with E-state index in [4.69, 9.17) is 14.2 Å². The quantitative estimate of drug-likeness (QED) is 0.354. The topological polar surface area (TPSA) is 64.7 Å². The van der Waals surface area contributed by atoms with Crippen LogP contribution in [0.5, 0.6) is 17.2 Å². The van der Waals surface area contributed by atoms with E-state index in [0.29, 0.717) is 12.2 Å². The van der Waals surface area contributed by atoms with Crippen molar-refractivity contribution >= 4 is 5.71 Å². The van der Waals surface area contributed by atoms with E-state index in [1.807, 2.05) is 0 Å². The molecule has 0 radical (unpaired) electrons. The molecule has 0 spiro atoms. The van der Waals surface area contributed by atoms with E-state index in [0.717, 1.165) is 48.6 Å². The first-order chi connectivity index (χ1) is 12.5. The summed E-state index contributed by atoms with van der Waals surface area (Å²) in [7, 11) is 3.86. The summed E-state index contributed by atoms with van der Waals surface area (Å²) in [4.78, 5) is 1.39. The van der Waals surface area contributed by atoms with Crippen molar-refractivity contribution < 1.29 is 24.3 Å². The molecule has 6 nitrogen and oxygen atoms in total. The van der Waals surface area contributed by atoms with Gasteiger partial charge in [-0.3, -0.25) is 0 Å². The van der Waals surface area contributed by atoms with E-state index >= 15 is 0 Å². The summed E-state index contributed by atoms with van der Waals surface area (Å²) in [5.41, 5.74) is 4.49. The molecule has 26 heavy (non-hydrogen) atoms. The number of nitrogens with one attached hydrogen (secondary N) is 1. The lowest BCUT2D eigenvalue weighted by molar-refractivity contribution is -0.913. The Balaban J connectivity index is 1.90. The van der Waals surface area contributed by atoms with E-state index in [1.54, 1.807) is 7.11 Å². The number of fused-ring (bicyclic) bond motifs is 2. The van der Waals surface area contributed by atoms with Gasteiger partial charge < -0.3 is 24.3 Å². The number of oxime groups is 1. The second-order valence-corrected chi connectivity index (χ2v) is 7.31. The highest BCUT2D eigenvalue weighted by Crippen LogP contribution is 2.47. The van der Waals surface area contributed by atoms with Crippen LogP contribution in [0.4, 0.5) is 0 Å². The molecule has 2 aliphatic heterocycles. The highest BCUT2D eigenvalue weighted by molar-refractivity contribution is 5.85. The molecule has 2 N–H and O–H groups in total. The van der Waals surface area contributed by atoms with Crippen molar-refractivity contribution in [3.63, 3.8) is 0 Å². The molecule has 6 heteroatoms. The number of allylic oxidation sites excluding steroid dienone is 2. The standard InChI is InChI=1S/C20H28N2O4/c1-13(2)6-5-7-15(21-23)11-16-18-14(8-9-22(16)3)10-17-19(20(18)24-4)26-12-25-17/h6,10,16,23H,5,7-9,11-12H2,1-4H3/p+1/b21-15-/t16-/m1/s1. The summed E-state index contributed by atoms with van der Waals surface area (Å²) in [5, 5.41) is 13.1. The summed E-state index contributed by atoms with van der Waals surface area (Å²) in [6.07, 6.45) is 5.48. The first kappa shape index (κ1) is 18.6. The molecule has 3 rings (SSSR count). The van der Waals surface area contributed by atoms with Crippen LogP contribution in [0, 0.1) is 0 Å². The Bertz CT molecular complexity index is 723. The molecule has 2 atom stereocenters. The lowest BCUT2D eigenvalue weighted by atomic mass is 9.87. The van der Waals surface area contributed by atoms with Gasteiger partial charge in [-0.2, -0.15) is 0 Å². The maximum absolute atomic E-state index is 9.52. The van der Waals surface area contributed by atoms with Gasteiger partial charge in [-0.25, -0.2) is 0 Å². The predicted molar refractivity (Wildman–Crippen MR) is 99.8 cm³/mol. The average molecular weight is 361 g/mol. The zero-order valence-electron chi connectivity index (χ0n) is 16.1. The third-order valence-electron chi connectivity index (χ3n) is 5.25. The Morgan fingerprint density at radius 1 is 1.42 bits per heavy atom. The number of quaternary nitrogens is 1. The van der Waals surface area contributed by atoms with Crippen LogP contribution in [0.25, 0.3) is 0 Å². The highest BCUT2D eigenvalue weighted by atomic mass is 16.7. The van der Waals surface area contributed by atoms with Crippen LogP contribution < -0.4 is 19.1 Å². The Kier molecular flexibility index (Phi) is 5.71. The zero-order valence-corrected chi connectivity index (χ0v) is 16.1. The number of nitrogens with zero attached hydrogens (tertiary/aromatic N) is 1. The molecule has 1 aromatic rings. The number of ether oxygens (including phenoxy) is 3. The van der Waals surface area contributed by atoms with E-state index in [2.05, 4.69) is 38.2 Å². The molecule has 1 aromatic carbocycles. The van der Waals surface area contributed by atoms with Crippen molar-refractivity contribution in [2.24, 2.45) is 5.16 Å². The van der Waals surface area contributed by atoms with Crippen molar-refractivity contribution in [2.75, 3.05) is 27.5 Å². The summed E-state index contributed by atoms with van der Waals surface area (Å²) in [6.45, 7) is 5.41. The molecular formula is C20H29N2O4+. The highest BCUT2D eigenvalue weighted by Gasteiger charge is 2.37. The Hall–Kier alpha value is -2.21. The van der Waals surface area contributed by atoms with Crippen LogP contribution in [0.1, 0.15) is 50.3 Å². The summed E-state index contributed by atoms with van der Waals surface area (Å²) >= 11 is 0. The van der Waals surface area contributed by atoms with Gasteiger partial charge in [0.1, 0.15) is 6.04 Å². The normalized spacial score (nSPS) is 21.3. The van der Waals surface area contributed by atoms with E-state index in [1.165, 1.54) is 16.0 Å². The SMILES string of the molecule is COc1c2c(cc3c1[C@@H](C/C(CCC=C(C)C)=N\O)[NH+](C)CC3)OCO2. The second-order valence-electron chi connectivity index (χ2n) is 7.31. The first-order valence-corrected chi connectivity index (χ1v) is 9.20. The largest absolute Gasteiger partial charge is 0.492 e. The molecule has 0 aliphatic carbocycles. The summed E-state index contributed by atoms with van der Waals surface area (Å²) in [5.74, 6) is 2.22. The monoisotopic (exact) mass is 361 g/mol. The van der Waals surface area contributed by atoms with Gasteiger partial charge in [0.05, 0.1) is 32.0 Å². The molecule has 0 bridgehead atoms. The van der Waals surface area contributed by atoms with Gasteiger partial charge in [0, 0.05) is 12.8 Å². The van der Waals surface area contributed by atoms with Gasteiger partial charge in [0.25, 0.3) is 0 Å². The van der Waals surface area contributed by atoms with Crippen molar-refractivity contribution in [1.29, 1.82) is 0 Å². The van der Waals surface area contributed by atoms with Crippen LogP contribution >= 0.6 is 0 Å². The second kappa shape index (κ2) is 7.99. The number of likely N-dealkylation sites (N-methyl/N-ethyl adjacent to an activating group) is 1. The number of hydrogen-bond donors (Lipinski definition) is 2. The molecule has 0 amide bonds. The third kappa shape index (κ3) is 3.65. The predicted octanol–water partition coefficient (Wildman–Crippen LogP) is 2.50. The van der Waals surface area contributed by atoms with Gasteiger partial charge >= 0.3 is 0 Å². The lowest BCUT2D eigenvalue weighted by Gasteiger charge is -2.33. The molecule has 0 fully saturated rings. The molecule has 0 saturated carbocycles. The van der Waals surface area contributed by atoms with Gasteiger partial charge in [-0.1, -0.05) is 16.8 Å². The third-order valence-corrected chi connectivity index (χ3v) is 5.25. The molecule has 0 saturated heterocycles. The molecule has 2 heterocycles. The van der Waals surface area contributed by atoms with Gasteiger partial charge in [-0.05, 0) is 38.3 Å². The van der Waals surface area contributed by atoms with Crippen molar-refractivity contribution in [1.82, 2.24) is 0 Å². The first-order valence-electron chi connectivity index (χ1n) is 9.20. The van der Waals surface area contributed by atoms with Gasteiger partial charge in [0.15, 0.2) is 11.5 Å². The number of benzene rings is 1.